The van der Waals surface area contributed by atoms with Crippen LogP contribution in [0.4, 0.5) is 5.13 Å². The maximum atomic E-state index is 12.2. The van der Waals surface area contributed by atoms with Crippen molar-refractivity contribution in [1.82, 2.24) is 10.2 Å². The summed E-state index contributed by atoms with van der Waals surface area (Å²) in [7, 11) is 0. The molecule has 1 amide bonds. The maximum absolute atomic E-state index is 12.2. The van der Waals surface area contributed by atoms with Gasteiger partial charge in [0, 0.05) is 5.56 Å². The van der Waals surface area contributed by atoms with Crippen LogP contribution < -0.4 is 10.1 Å². The molecule has 0 unspecified atom stereocenters. The molecule has 0 aliphatic carbocycles. The van der Waals surface area contributed by atoms with Crippen LogP contribution in [0, 0.1) is 0 Å². The predicted molar refractivity (Wildman–Crippen MR) is 95.7 cm³/mol. The van der Waals surface area contributed by atoms with E-state index in [2.05, 4.69) is 29.4 Å². The van der Waals surface area contributed by atoms with E-state index in [0.717, 1.165) is 22.3 Å². The van der Waals surface area contributed by atoms with E-state index < -0.39 is 0 Å². The van der Waals surface area contributed by atoms with Crippen LogP contribution in [-0.2, 0) is 0 Å². The first kappa shape index (κ1) is 17.7. The van der Waals surface area contributed by atoms with Crippen LogP contribution in [0.3, 0.4) is 0 Å². The third-order valence-corrected chi connectivity index (χ3v) is 4.88. The normalized spacial score (nSPS) is 10.5. The number of thioether (sulfide) groups is 1. The number of hydrogen-bond donors (Lipinski definition) is 1. The largest absolute Gasteiger partial charge is 0.494 e. The van der Waals surface area contributed by atoms with E-state index in [-0.39, 0.29) is 5.91 Å². The molecule has 1 heterocycles. The molecule has 0 saturated heterocycles. The lowest BCUT2D eigenvalue weighted by atomic mass is 10.2. The van der Waals surface area contributed by atoms with Crippen LogP contribution in [0.2, 0.25) is 0 Å². The molecule has 1 N–H and O–H groups in total. The molecular weight excluding hydrogens is 330 g/mol. The van der Waals surface area contributed by atoms with Crippen molar-refractivity contribution in [3.63, 3.8) is 0 Å². The average Bonchev–Trinajstić information content (AvgIpc) is 2.99. The van der Waals surface area contributed by atoms with Gasteiger partial charge in [0.2, 0.25) is 5.13 Å². The van der Waals surface area contributed by atoms with Gasteiger partial charge in [0.05, 0.1) is 6.61 Å². The molecule has 0 bridgehead atoms. The van der Waals surface area contributed by atoms with Crippen molar-refractivity contribution >= 4 is 34.1 Å². The van der Waals surface area contributed by atoms with Gasteiger partial charge < -0.3 is 4.74 Å². The number of nitrogens with zero attached hydrogens (tertiary/aromatic N) is 2. The highest BCUT2D eigenvalue weighted by atomic mass is 32.2. The summed E-state index contributed by atoms with van der Waals surface area (Å²) in [6.45, 7) is 4.92. The monoisotopic (exact) mass is 351 g/mol. The molecule has 0 fully saturated rings. The summed E-state index contributed by atoms with van der Waals surface area (Å²) >= 11 is 2.99. The molecule has 124 valence electrons. The molecule has 1 aromatic heterocycles. The highest BCUT2D eigenvalue weighted by Gasteiger charge is 2.10. The maximum Gasteiger partial charge on any atom is 0.257 e. The molecule has 0 aliphatic heterocycles. The number of hydrogen-bond acceptors (Lipinski definition) is 6. The first-order valence-corrected chi connectivity index (χ1v) is 9.53. The molecule has 1 aromatic carbocycles. The molecule has 7 heteroatoms. The molecule has 5 nitrogen and oxygen atoms in total. The summed E-state index contributed by atoms with van der Waals surface area (Å²) < 4.78 is 6.50. The number of unbranched alkanes of at least 4 members (excludes halogenated alkanes) is 2. The third-order valence-electron chi connectivity index (χ3n) is 3.03. The fourth-order valence-electron chi connectivity index (χ4n) is 1.86. The van der Waals surface area contributed by atoms with Crippen molar-refractivity contribution in [1.29, 1.82) is 0 Å². The zero-order valence-corrected chi connectivity index (χ0v) is 15.0. The molecule has 2 rings (SSSR count). The Labute approximate surface area is 144 Å². The van der Waals surface area contributed by atoms with Crippen molar-refractivity contribution in [3.8, 4) is 5.75 Å². The second kappa shape index (κ2) is 9.52. The van der Waals surface area contributed by atoms with Crippen LogP contribution in [-0.4, -0.2) is 28.5 Å². The Balaban J connectivity index is 1.86. The van der Waals surface area contributed by atoms with Crippen LogP contribution >= 0.6 is 23.1 Å². The standard InChI is InChI=1S/C16H21N3O2S2/c1-3-5-6-11-21-13-9-7-12(8-10-13)14(20)17-15-18-19-16(23-15)22-4-2/h7-10H,3-6,11H2,1-2H3,(H,17,18,20). The van der Waals surface area contributed by atoms with Crippen molar-refractivity contribution in [2.45, 2.75) is 37.4 Å². The molecule has 0 saturated carbocycles. The van der Waals surface area contributed by atoms with Crippen LogP contribution in [0.25, 0.3) is 0 Å². The zero-order valence-electron chi connectivity index (χ0n) is 13.4. The quantitative estimate of drug-likeness (QED) is 0.410. The molecule has 0 spiro atoms. The van der Waals surface area contributed by atoms with Gasteiger partial charge in [-0.25, -0.2) is 0 Å². The Hall–Kier alpha value is -1.60. The minimum Gasteiger partial charge on any atom is -0.494 e. The summed E-state index contributed by atoms with van der Waals surface area (Å²) in [5, 5.41) is 11.3. The van der Waals surface area contributed by atoms with Gasteiger partial charge in [0.1, 0.15) is 5.75 Å². The third kappa shape index (κ3) is 5.84. The summed E-state index contributed by atoms with van der Waals surface area (Å²) in [6, 6.07) is 7.15. The summed E-state index contributed by atoms with van der Waals surface area (Å²) in [5.74, 6) is 1.53. The molecular formula is C16H21N3O2S2. The Morgan fingerprint density at radius 2 is 2.00 bits per heavy atom. The second-order valence-electron chi connectivity index (χ2n) is 4.84. The number of ether oxygens (including phenoxy) is 1. The van der Waals surface area contributed by atoms with Crippen LogP contribution in [0.5, 0.6) is 5.75 Å². The van der Waals surface area contributed by atoms with E-state index in [1.165, 1.54) is 24.2 Å². The lowest BCUT2D eigenvalue weighted by Crippen LogP contribution is -2.11. The number of amides is 1. The van der Waals surface area contributed by atoms with Crippen molar-refractivity contribution in [2.75, 3.05) is 17.7 Å². The molecule has 23 heavy (non-hydrogen) atoms. The van der Waals surface area contributed by atoms with E-state index in [1.54, 1.807) is 23.9 Å². The first-order chi connectivity index (χ1) is 11.2. The van der Waals surface area contributed by atoms with E-state index in [9.17, 15) is 4.79 Å². The molecule has 0 atom stereocenters. The van der Waals surface area contributed by atoms with Gasteiger partial charge in [0.25, 0.3) is 5.91 Å². The van der Waals surface area contributed by atoms with Crippen molar-refractivity contribution < 1.29 is 9.53 Å². The summed E-state index contributed by atoms with van der Waals surface area (Å²) in [6.07, 6.45) is 3.39. The van der Waals surface area contributed by atoms with Crippen molar-refractivity contribution in [2.24, 2.45) is 0 Å². The Morgan fingerprint density at radius 1 is 1.22 bits per heavy atom. The van der Waals surface area contributed by atoms with Gasteiger partial charge >= 0.3 is 0 Å². The highest BCUT2D eigenvalue weighted by molar-refractivity contribution is 8.01. The van der Waals surface area contributed by atoms with E-state index in [1.807, 2.05) is 12.1 Å². The van der Waals surface area contributed by atoms with Crippen LogP contribution in [0.15, 0.2) is 28.6 Å². The topological polar surface area (TPSA) is 64.1 Å². The number of benzene rings is 1. The Bertz CT molecular complexity index is 614. The van der Waals surface area contributed by atoms with E-state index >= 15 is 0 Å². The van der Waals surface area contributed by atoms with Crippen LogP contribution in [0.1, 0.15) is 43.5 Å². The molecule has 0 aliphatic rings. The second-order valence-corrected chi connectivity index (χ2v) is 7.33. The molecule has 0 radical (unpaired) electrons. The van der Waals surface area contributed by atoms with E-state index in [0.29, 0.717) is 17.3 Å². The number of carbonyl (C=O) groups is 1. The van der Waals surface area contributed by atoms with Gasteiger partial charge in [-0.2, -0.15) is 0 Å². The summed E-state index contributed by atoms with van der Waals surface area (Å²) in [5.41, 5.74) is 0.575. The number of aromatic nitrogens is 2. The SMILES string of the molecule is CCCCCOc1ccc(C(=O)Nc2nnc(SCC)s2)cc1. The van der Waals surface area contributed by atoms with Gasteiger partial charge in [-0.3, -0.25) is 10.1 Å². The first-order valence-electron chi connectivity index (χ1n) is 7.73. The Kier molecular flexibility index (Phi) is 7.35. The number of rotatable bonds is 9. The minimum absolute atomic E-state index is 0.188. The van der Waals surface area contributed by atoms with Gasteiger partial charge in [-0.1, -0.05) is 49.8 Å². The number of nitrogens with one attached hydrogen (secondary N) is 1. The van der Waals surface area contributed by atoms with Gasteiger partial charge in [0.15, 0.2) is 4.34 Å². The fraction of sp³-hybridized carbons (Fsp3) is 0.438. The predicted octanol–water partition coefficient (Wildman–Crippen LogP) is 4.47. The fourth-order valence-corrected chi connectivity index (χ4v) is 3.50. The van der Waals surface area contributed by atoms with E-state index in [4.69, 9.17) is 4.74 Å². The lowest BCUT2D eigenvalue weighted by molar-refractivity contribution is 0.102. The smallest absolute Gasteiger partial charge is 0.257 e. The number of carbonyl (C=O) groups excluding carboxylic acids is 1. The Morgan fingerprint density at radius 3 is 2.70 bits per heavy atom. The highest BCUT2D eigenvalue weighted by Crippen LogP contribution is 2.25. The van der Waals surface area contributed by atoms with Crippen molar-refractivity contribution in [3.05, 3.63) is 29.8 Å². The zero-order chi connectivity index (χ0) is 16.5. The average molecular weight is 351 g/mol. The van der Waals surface area contributed by atoms with Gasteiger partial charge in [-0.05, 0) is 36.4 Å². The summed E-state index contributed by atoms with van der Waals surface area (Å²) in [4.78, 5) is 12.2. The molecule has 2 aromatic rings. The minimum atomic E-state index is -0.188. The number of anilines is 1. The lowest BCUT2D eigenvalue weighted by Gasteiger charge is -2.06. The van der Waals surface area contributed by atoms with Gasteiger partial charge in [-0.15, -0.1) is 10.2 Å².